The van der Waals surface area contributed by atoms with Gasteiger partial charge in [0.15, 0.2) is 5.96 Å². The molecule has 1 aromatic rings. The molecule has 0 aromatic carbocycles. The van der Waals surface area contributed by atoms with Crippen LogP contribution in [0.1, 0.15) is 44.6 Å². The van der Waals surface area contributed by atoms with Gasteiger partial charge in [0.2, 0.25) is 0 Å². The monoisotopic (exact) mass is 421 g/mol. The van der Waals surface area contributed by atoms with Gasteiger partial charge in [-0.3, -0.25) is 9.67 Å². The number of nitrogens with zero attached hydrogens (tertiary/aromatic N) is 3. The molecule has 1 atom stereocenters. The van der Waals surface area contributed by atoms with Crippen molar-refractivity contribution >= 4 is 29.9 Å². The summed E-state index contributed by atoms with van der Waals surface area (Å²) in [5, 5.41) is 11.3. The van der Waals surface area contributed by atoms with Crippen LogP contribution in [0.4, 0.5) is 0 Å². The zero-order valence-corrected chi connectivity index (χ0v) is 17.4. The SMILES string of the molecule is CCNC(=NCC(C)C)NC(C)Cc1c(C)nn(C)c1C.I. The highest BCUT2D eigenvalue weighted by Gasteiger charge is 2.13. The summed E-state index contributed by atoms with van der Waals surface area (Å²) in [6.45, 7) is 14.6. The van der Waals surface area contributed by atoms with Crippen molar-refractivity contribution in [3.63, 3.8) is 0 Å². The fraction of sp³-hybridized carbons (Fsp3) is 0.750. The summed E-state index contributed by atoms with van der Waals surface area (Å²) in [5.74, 6) is 1.47. The molecule has 6 heteroatoms. The molecule has 0 aliphatic rings. The van der Waals surface area contributed by atoms with E-state index < -0.39 is 0 Å². The first-order valence-electron chi connectivity index (χ1n) is 7.89. The van der Waals surface area contributed by atoms with Gasteiger partial charge < -0.3 is 10.6 Å². The molecule has 1 unspecified atom stereocenters. The highest BCUT2D eigenvalue weighted by molar-refractivity contribution is 14.0. The largest absolute Gasteiger partial charge is 0.357 e. The van der Waals surface area contributed by atoms with Crippen LogP contribution >= 0.6 is 24.0 Å². The van der Waals surface area contributed by atoms with Gasteiger partial charge in [-0.15, -0.1) is 24.0 Å². The van der Waals surface area contributed by atoms with Gasteiger partial charge in [-0.25, -0.2) is 0 Å². The zero-order chi connectivity index (χ0) is 16.0. The summed E-state index contributed by atoms with van der Waals surface area (Å²) in [6.07, 6.45) is 0.956. The lowest BCUT2D eigenvalue weighted by Crippen LogP contribution is -2.43. The van der Waals surface area contributed by atoms with Crippen LogP contribution in [-0.2, 0) is 13.5 Å². The van der Waals surface area contributed by atoms with Gasteiger partial charge in [0.05, 0.1) is 5.69 Å². The fourth-order valence-electron chi connectivity index (χ4n) is 2.30. The van der Waals surface area contributed by atoms with Gasteiger partial charge in [0, 0.05) is 31.9 Å². The molecule has 22 heavy (non-hydrogen) atoms. The molecule has 0 amide bonds. The second-order valence-electron chi connectivity index (χ2n) is 6.14. The van der Waals surface area contributed by atoms with Crippen molar-refractivity contribution in [1.82, 2.24) is 20.4 Å². The first-order chi connectivity index (χ1) is 9.85. The summed E-state index contributed by atoms with van der Waals surface area (Å²) < 4.78 is 1.95. The molecule has 1 aromatic heterocycles. The standard InChI is InChI=1S/C16H31N5.HI/c1-8-17-16(18-10-11(2)3)19-12(4)9-15-13(5)20-21(7)14(15)6;/h11-12H,8-10H2,1-7H3,(H2,17,18,19);1H. The number of guanidine groups is 1. The highest BCUT2D eigenvalue weighted by Crippen LogP contribution is 2.14. The van der Waals surface area contributed by atoms with Crippen LogP contribution in [0.3, 0.4) is 0 Å². The molecule has 5 nitrogen and oxygen atoms in total. The Kier molecular flexibility index (Phi) is 9.71. The summed E-state index contributed by atoms with van der Waals surface area (Å²) in [5.41, 5.74) is 3.69. The number of hydrogen-bond donors (Lipinski definition) is 2. The normalized spacial score (nSPS) is 13.0. The Balaban J connectivity index is 0.00000441. The van der Waals surface area contributed by atoms with Crippen molar-refractivity contribution < 1.29 is 0 Å². The molecule has 0 aliphatic carbocycles. The van der Waals surface area contributed by atoms with E-state index in [-0.39, 0.29) is 24.0 Å². The van der Waals surface area contributed by atoms with Crippen LogP contribution in [-0.4, -0.2) is 34.9 Å². The summed E-state index contributed by atoms with van der Waals surface area (Å²) >= 11 is 0. The number of aromatic nitrogens is 2. The predicted molar refractivity (Wildman–Crippen MR) is 105 cm³/mol. The molecule has 0 saturated carbocycles. The second-order valence-corrected chi connectivity index (χ2v) is 6.14. The number of rotatable bonds is 6. The van der Waals surface area contributed by atoms with Crippen molar-refractivity contribution in [2.45, 2.75) is 54.0 Å². The molecule has 0 aliphatic heterocycles. The van der Waals surface area contributed by atoms with Crippen LogP contribution in [0, 0.1) is 19.8 Å². The number of aliphatic imine (C=N–C) groups is 1. The molecule has 0 bridgehead atoms. The van der Waals surface area contributed by atoms with E-state index in [4.69, 9.17) is 0 Å². The van der Waals surface area contributed by atoms with E-state index in [9.17, 15) is 0 Å². The summed E-state index contributed by atoms with van der Waals surface area (Å²) in [6, 6.07) is 0.316. The molecule has 0 spiro atoms. The number of nitrogens with one attached hydrogen (secondary N) is 2. The molecular weight excluding hydrogens is 389 g/mol. The quantitative estimate of drug-likeness (QED) is 0.422. The maximum atomic E-state index is 4.62. The minimum atomic E-state index is 0. The van der Waals surface area contributed by atoms with E-state index in [1.807, 2.05) is 11.7 Å². The average Bonchev–Trinajstić information content (AvgIpc) is 2.63. The Bertz CT molecular complexity index is 479. The molecule has 0 saturated heterocycles. The van der Waals surface area contributed by atoms with Gasteiger partial charge >= 0.3 is 0 Å². The van der Waals surface area contributed by atoms with E-state index in [1.165, 1.54) is 11.3 Å². The maximum Gasteiger partial charge on any atom is 0.191 e. The first-order valence-corrected chi connectivity index (χ1v) is 7.89. The lowest BCUT2D eigenvalue weighted by molar-refractivity contribution is 0.620. The highest BCUT2D eigenvalue weighted by atomic mass is 127. The van der Waals surface area contributed by atoms with Gasteiger partial charge in [0.25, 0.3) is 0 Å². The van der Waals surface area contributed by atoms with Crippen LogP contribution in [0.15, 0.2) is 4.99 Å². The molecule has 1 rings (SSSR count). The van der Waals surface area contributed by atoms with Crippen molar-refractivity contribution in [1.29, 1.82) is 0 Å². The molecule has 128 valence electrons. The molecule has 1 heterocycles. The molecule has 2 N–H and O–H groups in total. The van der Waals surface area contributed by atoms with Gasteiger partial charge in [0.1, 0.15) is 0 Å². The summed E-state index contributed by atoms with van der Waals surface area (Å²) in [4.78, 5) is 4.62. The van der Waals surface area contributed by atoms with Crippen molar-refractivity contribution in [3.8, 4) is 0 Å². The Labute approximate surface area is 152 Å². The third-order valence-electron chi connectivity index (χ3n) is 3.51. The van der Waals surface area contributed by atoms with Crippen molar-refractivity contribution in [3.05, 3.63) is 17.0 Å². The number of hydrogen-bond acceptors (Lipinski definition) is 2. The fourth-order valence-corrected chi connectivity index (χ4v) is 2.30. The Hall–Kier alpha value is -0.790. The van der Waals surface area contributed by atoms with Crippen LogP contribution in [0.25, 0.3) is 0 Å². The van der Waals surface area contributed by atoms with Gasteiger partial charge in [-0.05, 0) is 45.6 Å². The van der Waals surface area contributed by atoms with Gasteiger partial charge in [-0.2, -0.15) is 5.10 Å². The van der Waals surface area contributed by atoms with Gasteiger partial charge in [-0.1, -0.05) is 13.8 Å². The van der Waals surface area contributed by atoms with Crippen LogP contribution in [0.5, 0.6) is 0 Å². The lowest BCUT2D eigenvalue weighted by atomic mass is 10.1. The Morgan fingerprint density at radius 3 is 2.36 bits per heavy atom. The first kappa shape index (κ1) is 21.2. The van der Waals surface area contributed by atoms with Crippen molar-refractivity contribution in [2.75, 3.05) is 13.1 Å². The number of halogens is 1. The third-order valence-corrected chi connectivity index (χ3v) is 3.51. The minimum Gasteiger partial charge on any atom is -0.357 e. The third kappa shape index (κ3) is 6.54. The maximum absolute atomic E-state index is 4.62. The zero-order valence-electron chi connectivity index (χ0n) is 15.0. The van der Waals surface area contributed by atoms with Crippen molar-refractivity contribution in [2.24, 2.45) is 18.0 Å². The minimum absolute atomic E-state index is 0. The van der Waals surface area contributed by atoms with Crippen LogP contribution in [0.2, 0.25) is 0 Å². The van der Waals surface area contributed by atoms with Crippen LogP contribution < -0.4 is 10.6 Å². The Morgan fingerprint density at radius 1 is 1.27 bits per heavy atom. The smallest absolute Gasteiger partial charge is 0.191 e. The summed E-state index contributed by atoms with van der Waals surface area (Å²) in [7, 11) is 2.00. The van der Waals surface area contributed by atoms with E-state index in [0.717, 1.165) is 31.2 Å². The van der Waals surface area contributed by atoms with E-state index in [1.54, 1.807) is 0 Å². The topological polar surface area (TPSA) is 54.2 Å². The predicted octanol–water partition coefficient (Wildman–Crippen LogP) is 2.80. The molecule has 0 radical (unpaired) electrons. The van der Waals surface area contributed by atoms with E-state index in [0.29, 0.717) is 12.0 Å². The Morgan fingerprint density at radius 2 is 1.91 bits per heavy atom. The van der Waals surface area contributed by atoms with E-state index in [2.05, 4.69) is 62.3 Å². The lowest BCUT2D eigenvalue weighted by Gasteiger charge is -2.18. The number of aryl methyl sites for hydroxylation is 2. The molecule has 0 fully saturated rings. The molecular formula is C16H32IN5. The average molecular weight is 421 g/mol. The second kappa shape index (κ2) is 10.1. The van der Waals surface area contributed by atoms with E-state index >= 15 is 0 Å².